The average molecular weight is 300 g/mol. The Hall–Kier alpha value is -0.710. The zero-order valence-electron chi connectivity index (χ0n) is 10.7. The van der Waals surface area contributed by atoms with E-state index in [0.29, 0.717) is 16.7 Å². The third kappa shape index (κ3) is 4.41. The molecule has 0 aromatic heterocycles. The molecule has 19 heavy (non-hydrogen) atoms. The lowest BCUT2D eigenvalue weighted by Gasteiger charge is -2.16. The SMILES string of the molecule is O=C(CSc1ccc(Cl)cc1)N1CCC(CCO)C1. The Morgan fingerprint density at radius 3 is 2.84 bits per heavy atom. The maximum Gasteiger partial charge on any atom is 0.232 e. The van der Waals surface area contributed by atoms with Crippen LogP contribution in [0.1, 0.15) is 12.8 Å². The molecule has 1 atom stereocenters. The highest BCUT2D eigenvalue weighted by atomic mass is 35.5. The van der Waals surface area contributed by atoms with Gasteiger partial charge in [-0.1, -0.05) is 11.6 Å². The first-order chi connectivity index (χ1) is 9.19. The van der Waals surface area contributed by atoms with Crippen molar-refractivity contribution in [2.75, 3.05) is 25.4 Å². The van der Waals surface area contributed by atoms with Gasteiger partial charge in [0.25, 0.3) is 0 Å². The molecule has 0 bridgehead atoms. The molecule has 1 aromatic carbocycles. The predicted octanol–water partition coefficient (Wildman–Crippen LogP) is 2.66. The summed E-state index contributed by atoms with van der Waals surface area (Å²) in [5.41, 5.74) is 0. The van der Waals surface area contributed by atoms with E-state index in [-0.39, 0.29) is 12.5 Å². The molecule has 2 rings (SSSR count). The van der Waals surface area contributed by atoms with Gasteiger partial charge in [0.2, 0.25) is 5.91 Å². The summed E-state index contributed by atoms with van der Waals surface area (Å²) in [4.78, 5) is 15.0. The van der Waals surface area contributed by atoms with Crippen molar-refractivity contribution in [3.05, 3.63) is 29.3 Å². The van der Waals surface area contributed by atoms with Gasteiger partial charge in [-0.15, -0.1) is 11.8 Å². The van der Waals surface area contributed by atoms with Gasteiger partial charge < -0.3 is 10.0 Å². The molecule has 1 N–H and O–H groups in total. The molecular formula is C14H18ClNO2S. The van der Waals surface area contributed by atoms with E-state index in [1.807, 2.05) is 29.2 Å². The van der Waals surface area contributed by atoms with Gasteiger partial charge >= 0.3 is 0 Å². The number of aliphatic hydroxyl groups is 1. The monoisotopic (exact) mass is 299 g/mol. The van der Waals surface area contributed by atoms with Crippen molar-refractivity contribution < 1.29 is 9.90 Å². The van der Waals surface area contributed by atoms with Gasteiger partial charge in [0.05, 0.1) is 5.75 Å². The fourth-order valence-corrected chi connectivity index (χ4v) is 3.17. The Labute approximate surface area is 122 Å². The van der Waals surface area contributed by atoms with Crippen molar-refractivity contribution in [2.24, 2.45) is 5.92 Å². The number of carbonyl (C=O) groups is 1. The van der Waals surface area contributed by atoms with Crippen LogP contribution in [0.5, 0.6) is 0 Å². The molecule has 3 nitrogen and oxygen atoms in total. The quantitative estimate of drug-likeness (QED) is 0.850. The van der Waals surface area contributed by atoms with Crippen LogP contribution in [0.25, 0.3) is 0 Å². The van der Waals surface area contributed by atoms with E-state index in [4.69, 9.17) is 16.7 Å². The van der Waals surface area contributed by atoms with E-state index < -0.39 is 0 Å². The van der Waals surface area contributed by atoms with Gasteiger partial charge in [-0.25, -0.2) is 0 Å². The van der Waals surface area contributed by atoms with E-state index in [0.717, 1.165) is 30.8 Å². The Morgan fingerprint density at radius 1 is 1.42 bits per heavy atom. The van der Waals surface area contributed by atoms with Crippen molar-refractivity contribution in [1.82, 2.24) is 4.90 Å². The zero-order valence-corrected chi connectivity index (χ0v) is 12.3. The van der Waals surface area contributed by atoms with Crippen molar-refractivity contribution >= 4 is 29.3 Å². The molecule has 0 radical (unpaired) electrons. The highest BCUT2D eigenvalue weighted by Gasteiger charge is 2.25. The minimum absolute atomic E-state index is 0.181. The molecule has 1 aromatic rings. The first kappa shape index (κ1) is 14.7. The summed E-state index contributed by atoms with van der Waals surface area (Å²) in [6.07, 6.45) is 1.81. The first-order valence-corrected chi connectivity index (χ1v) is 7.82. The first-order valence-electron chi connectivity index (χ1n) is 6.46. The van der Waals surface area contributed by atoms with Gasteiger partial charge in [-0.2, -0.15) is 0 Å². The summed E-state index contributed by atoms with van der Waals surface area (Å²) in [6, 6.07) is 7.53. The number of thioether (sulfide) groups is 1. The van der Waals surface area contributed by atoms with E-state index in [1.165, 1.54) is 11.8 Å². The summed E-state index contributed by atoms with van der Waals surface area (Å²) in [5, 5.41) is 9.62. The van der Waals surface area contributed by atoms with Crippen LogP contribution in [0, 0.1) is 5.92 Å². The molecule has 1 saturated heterocycles. The summed E-state index contributed by atoms with van der Waals surface area (Å²) in [7, 11) is 0. The summed E-state index contributed by atoms with van der Waals surface area (Å²) in [5.74, 6) is 1.11. The maximum atomic E-state index is 12.1. The van der Waals surface area contributed by atoms with Crippen LogP contribution in [-0.2, 0) is 4.79 Å². The van der Waals surface area contributed by atoms with E-state index in [9.17, 15) is 4.79 Å². The summed E-state index contributed by atoms with van der Waals surface area (Å²) >= 11 is 7.36. The highest BCUT2D eigenvalue weighted by Crippen LogP contribution is 2.23. The largest absolute Gasteiger partial charge is 0.396 e. The van der Waals surface area contributed by atoms with Crippen LogP contribution in [0.4, 0.5) is 0 Å². The van der Waals surface area contributed by atoms with Crippen LogP contribution < -0.4 is 0 Å². The highest BCUT2D eigenvalue weighted by molar-refractivity contribution is 8.00. The Bertz CT molecular complexity index is 424. The Balaban J connectivity index is 1.77. The third-order valence-corrected chi connectivity index (χ3v) is 4.60. The standard InChI is InChI=1S/C14H18ClNO2S/c15-12-1-3-13(4-2-12)19-10-14(18)16-7-5-11(9-16)6-8-17/h1-4,11,17H,5-10H2. The summed E-state index contributed by atoms with van der Waals surface area (Å²) < 4.78 is 0. The normalized spacial score (nSPS) is 18.8. The molecule has 1 unspecified atom stereocenters. The number of rotatable bonds is 5. The van der Waals surface area contributed by atoms with Gasteiger partial charge in [0, 0.05) is 29.6 Å². The Kier molecular flexibility index (Phi) is 5.55. The molecule has 0 aliphatic carbocycles. The molecule has 1 aliphatic heterocycles. The van der Waals surface area contributed by atoms with Crippen LogP contribution >= 0.6 is 23.4 Å². The van der Waals surface area contributed by atoms with Crippen LogP contribution in [-0.4, -0.2) is 41.4 Å². The second-order valence-electron chi connectivity index (χ2n) is 4.75. The van der Waals surface area contributed by atoms with Gasteiger partial charge in [0.15, 0.2) is 0 Å². The molecule has 1 aliphatic rings. The lowest BCUT2D eigenvalue weighted by atomic mass is 10.1. The molecule has 0 saturated carbocycles. The Morgan fingerprint density at radius 2 is 2.16 bits per heavy atom. The second kappa shape index (κ2) is 7.17. The van der Waals surface area contributed by atoms with Crippen molar-refractivity contribution in [3.63, 3.8) is 0 Å². The van der Waals surface area contributed by atoms with Crippen LogP contribution in [0.15, 0.2) is 29.2 Å². The second-order valence-corrected chi connectivity index (χ2v) is 6.23. The van der Waals surface area contributed by atoms with E-state index >= 15 is 0 Å². The van der Waals surface area contributed by atoms with Crippen molar-refractivity contribution in [2.45, 2.75) is 17.7 Å². The fraction of sp³-hybridized carbons (Fsp3) is 0.500. The number of carbonyl (C=O) groups excluding carboxylic acids is 1. The number of hydrogen-bond donors (Lipinski definition) is 1. The molecule has 1 amide bonds. The molecule has 0 spiro atoms. The topological polar surface area (TPSA) is 40.5 Å². The fourth-order valence-electron chi connectivity index (χ4n) is 2.24. The van der Waals surface area contributed by atoms with Crippen LogP contribution in [0.3, 0.4) is 0 Å². The molecule has 1 heterocycles. The molecule has 104 valence electrons. The third-order valence-electron chi connectivity index (χ3n) is 3.35. The summed E-state index contributed by atoms with van der Waals surface area (Å²) in [6.45, 7) is 1.83. The van der Waals surface area contributed by atoms with Gasteiger partial charge in [-0.05, 0) is 43.0 Å². The minimum atomic E-state index is 0.181. The molecule has 5 heteroatoms. The van der Waals surface area contributed by atoms with Crippen molar-refractivity contribution in [1.29, 1.82) is 0 Å². The molecule has 1 fully saturated rings. The number of amides is 1. The van der Waals surface area contributed by atoms with E-state index in [1.54, 1.807) is 0 Å². The predicted molar refractivity (Wildman–Crippen MR) is 78.6 cm³/mol. The maximum absolute atomic E-state index is 12.1. The lowest BCUT2D eigenvalue weighted by Crippen LogP contribution is -2.30. The van der Waals surface area contributed by atoms with Crippen LogP contribution in [0.2, 0.25) is 5.02 Å². The zero-order chi connectivity index (χ0) is 13.7. The number of halogens is 1. The number of likely N-dealkylation sites (tertiary alicyclic amines) is 1. The molecular weight excluding hydrogens is 282 g/mol. The van der Waals surface area contributed by atoms with Crippen molar-refractivity contribution in [3.8, 4) is 0 Å². The lowest BCUT2D eigenvalue weighted by molar-refractivity contribution is -0.127. The number of nitrogens with zero attached hydrogens (tertiary/aromatic N) is 1. The number of benzene rings is 1. The number of aliphatic hydroxyl groups excluding tert-OH is 1. The average Bonchev–Trinajstić information content (AvgIpc) is 2.87. The van der Waals surface area contributed by atoms with Gasteiger partial charge in [0.1, 0.15) is 0 Å². The number of hydrogen-bond acceptors (Lipinski definition) is 3. The van der Waals surface area contributed by atoms with Gasteiger partial charge in [-0.3, -0.25) is 4.79 Å². The van der Waals surface area contributed by atoms with E-state index in [2.05, 4.69) is 0 Å². The minimum Gasteiger partial charge on any atom is -0.396 e. The smallest absolute Gasteiger partial charge is 0.232 e.